The van der Waals surface area contributed by atoms with Gasteiger partial charge in [-0.25, -0.2) is 4.39 Å². The lowest BCUT2D eigenvalue weighted by atomic mass is 10.0. The maximum absolute atomic E-state index is 14.4. The van der Waals surface area contributed by atoms with Crippen LogP contribution in [0.3, 0.4) is 0 Å². The van der Waals surface area contributed by atoms with Crippen LogP contribution in [0.1, 0.15) is 36.7 Å². The van der Waals surface area contributed by atoms with Crippen LogP contribution < -0.4 is 10.1 Å². The van der Waals surface area contributed by atoms with Crippen LogP contribution in [-0.2, 0) is 16.1 Å². The highest BCUT2D eigenvalue weighted by Gasteiger charge is 2.28. The molecule has 8 heteroatoms. The largest absolute Gasteiger partial charge is 0.491 e. The third kappa shape index (κ3) is 6.33. The van der Waals surface area contributed by atoms with Gasteiger partial charge in [-0.1, -0.05) is 25.1 Å². The highest BCUT2D eigenvalue weighted by Crippen LogP contribution is 2.27. The molecule has 2 aromatic rings. The summed E-state index contributed by atoms with van der Waals surface area (Å²) in [6, 6.07) is 11.8. The fourth-order valence-corrected chi connectivity index (χ4v) is 4.20. The number of hydrogen-bond acceptors (Lipinski definition) is 5. The molecule has 2 amide bonds. The maximum Gasteiger partial charge on any atom is 0.257 e. The predicted molar refractivity (Wildman–Crippen MR) is 129 cm³/mol. The van der Waals surface area contributed by atoms with Crippen LogP contribution in [-0.4, -0.2) is 67.6 Å². The van der Waals surface area contributed by atoms with Crippen molar-refractivity contribution in [3.8, 4) is 5.75 Å². The van der Waals surface area contributed by atoms with Crippen LogP contribution in [0.2, 0.25) is 0 Å². The Morgan fingerprint density at radius 1 is 1.21 bits per heavy atom. The lowest BCUT2D eigenvalue weighted by Gasteiger charge is -2.36. The smallest absolute Gasteiger partial charge is 0.257 e. The zero-order valence-corrected chi connectivity index (χ0v) is 20.5. The van der Waals surface area contributed by atoms with Gasteiger partial charge in [-0.2, -0.15) is 0 Å². The van der Waals surface area contributed by atoms with Gasteiger partial charge in [0, 0.05) is 58.0 Å². The van der Waals surface area contributed by atoms with Crippen molar-refractivity contribution in [1.29, 1.82) is 0 Å². The van der Waals surface area contributed by atoms with E-state index in [0.717, 1.165) is 0 Å². The summed E-state index contributed by atoms with van der Waals surface area (Å²) in [6.45, 7) is 7.28. The molecular weight excluding hydrogens is 437 g/mol. The number of nitrogens with one attached hydrogen (secondary N) is 1. The molecule has 2 aromatic carbocycles. The summed E-state index contributed by atoms with van der Waals surface area (Å²) in [6.07, 6.45) is -0.216. The number of halogens is 1. The van der Waals surface area contributed by atoms with Crippen molar-refractivity contribution in [2.24, 2.45) is 5.92 Å². The fraction of sp³-hybridized carbons (Fsp3) is 0.462. The molecule has 1 N–H and O–H groups in total. The molecule has 0 unspecified atom stereocenters. The Balaban J connectivity index is 1.95. The van der Waals surface area contributed by atoms with Crippen molar-refractivity contribution >= 4 is 17.5 Å². The molecule has 34 heavy (non-hydrogen) atoms. The van der Waals surface area contributed by atoms with E-state index in [-0.39, 0.29) is 35.7 Å². The second-order valence-electron chi connectivity index (χ2n) is 9.01. The van der Waals surface area contributed by atoms with Crippen LogP contribution in [0, 0.1) is 11.7 Å². The lowest BCUT2D eigenvalue weighted by Crippen LogP contribution is -2.46. The number of benzene rings is 2. The van der Waals surface area contributed by atoms with Gasteiger partial charge >= 0.3 is 0 Å². The van der Waals surface area contributed by atoms with Crippen molar-refractivity contribution in [3.05, 3.63) is 59.4 Å². The van der Waals surface area contributed by atoms with E-state index in [4.69, 9.17) is 9.47 Å². The van der Waals surface area contributed by atoms with Crippen LogP contribution >= 0.6 is 0 Å². The summed E-state index contributed by atoms with van der Waals surface area (Å²) < 4.78 is 26.3. The topological polar surface area (TPSA) is 71.1 Å². The number of amides is 2. The average Bonchev–Trinajstić information content (AvgIpc) is 2.80. The molecule has 0 saturated carbocycles. The van der Waals surface area contributed by atoms with E-state index in [1.807, 2.05) is 13.0 Å². The van der Waals surface area contributed by atoms with Crippen molar-refractivity contribution in [1.82, 2.24) is 9.80 Å². The van der Waals surface area contributed by atoms with Gasteiger partial charge in [-0.05, 0) is 37.1 Å². The molecule has 3 atom stereocenters. The molecular formula is C26H34FN3O4. The number of nitrogens with zero attached hydrogens (tertiary/aromatic N) is 2. The lowest BCUT2D eigenvalue weighted by molar-refractivity contribution is -0.114. The molecule has 0 aliphatic carbocycles. The number of carbonyl (C=O) groups is 2. The molecule has 184 valence electrons. The zero-order valence-electron chi connectivity index (χ0n) is 20.5. The van der Waals surface area contributed by atoms with E-state index in [0.29, 0.717) is 48.8 Å². The second kappa shape index (κ2) is 11.4. The molecule has 0 bridgehead atoms. The minimum absolute atomic E-state index is 0.0605. The first kappa shape index (κ1) is 25.6. The zero-order chi connectivity index (χ0) is 24.8. The summed E-state index contributed by atoms with van der Waals surface area (Å²) in [5.41, 5.74) is 1.51. The van der Waals surface area contributed by atoms with Crippen molar-refractivity contribution in [3.63, 3.8) is 0 Å². The number of carbonyl (C=O) groups excluding carboxylic acids is 2. The number of fused-ring (bicyclic) bond motifs is 1. The first-order valence-electron chi connectivity index (χ1n) is 11.5. The number of likely N-dealkylation sites (N-methyl/N-ethyl adjacent to an activating group) is 1. The molecule has 0 radical (unpaired) electrons. The first-order chi connectivity index (χ1) is 16.2. The Kier molecular flexibility index (Phi) is 8.63. The van der Waals surface area contributed by atoms with E-state index in [1.165, 1.54) is 13.0 Å². The van der Waals surface area contributed by atoms with Crippen LogP contribution in [0.5, 0.6) is 5.75 Å². The average molecular weight is 472 g/mol. The number of hydrogen-bond donors (Lipinski definition) is 1. The van der Waals surface area contributed by atoms with Gasteiger partial charge in [-0.15, -0.1) is 0 Å². The third-order valence-corrected chi connectivity index (χ3v) is 6.23. The van der Waals surface area contributed by atoms with Gasteiger partial charge in [0.05, 0.1) is 11.7 Å². The number of anilines is 1. The summed E-state index contributed by atoms with van der Waals surface area (Å²) in [5.74, 6) is -0.169. The van der Waals surface area contributed by atoms with Crippen molar-refractivity contribution in [2.45, 2.75) is 39.5 Å². The Labute approximate surface area is 200 Å². The van der Waals surface area contributed by atoms with Crippen LogP contribution in [0.4, 0.5) is 10.1 Å². The summed E-state index contributed by atoms with van der Waals surface area (Å²) in [5, 5.41) is 2.72. The molecule has 0 saturated heterocycles. The molecule has 1 aliphatic heterocycles. The minimum atomic E-state index is -0.237. The van der Waals surface area contributed by atoms with Crippen LogP contribution in [0.25, 0.3) is 0 Å². The molecule has 0 aromatic heterocycles. The molecule has 0 fully saturated rings. The van der Waals surface area contributed by atoms with Gasteiger partial charge in [0.1, 0.15) is 18.2 Å². The number of methoxy groups -OCH3 is 1. The highest BCUT2D eigenvalue weighted by atomic mass is 19.1. The van der Waals surface area contributed by atoms with E-state index in [1.54, 1.807) is 49.4 Å². The van der Waals surface area contributed by atoms with Crippen molar-refractivity contribution < 1.29 is 23.5 Å². The molecule has 0 spiro atoms. The van der Waals surface area contributed by atoms with Crippen molar-refractivity contribution in [2.75, 3.05) is 39.2 Å². The van der Waals surface area contributed by atoms with E-state index in [2.05, 4.69) is 17.1 Å². The highest BCUT2D eigenvalue weighted by molar-refractivity contribution is 5.99. The Hall–Kier alpha value is -2.97. The normalized spacial score (nSPS) is 22.2. The molecule has 7 nitrogen and oxygen atoms in total. The number of ether oxygens (including phenoxy) is 2. The monoisotopic (exact) mass is 471 g/mol. The van der Waals surface area contributed by atoms with E-state index in [9.17, 15) is 14.0 Å². The standard InChI is InChI=1S/C26H34FN3O4/c1-17-13-30(14-20-8-6-7-9-23(20)27)18(2)16-34-24-11-10-21(28-19(3)31)12-22(24)26(32)29(4)15-25(17)33-5/h6-12,17-18,25H,13-16H2,1-5H3,(H,28,31)/t17-,18-,25+/m0/s1. The Bertz CT molecular complexity index is 1020. The predicted octanol–water partition coefficient (Wildman–Crippen LogP) is 3.79. The minimum Gasteiger partial charge on any atom is -0.491 e. The molecule has 1 aliphatic rings. The summed E-state index contributed by atoms with van der Waals surface area (Å²) in [4.78, 5) is 28.6. The third-order valence-electron chi connectivity index (χ3n) is 6.23. The van der Waals surface area contributed by atoms with Gasteiger partial charge < -0.3 is 19.7 Å². The molecule has 3 rings (SSSR count). The fourth-order valence-electron chi connectivity index (χ4n) is 4.20. The Morgan fingerprint density at radius 2 is 1.94 bits per heavy atom. The quantitative estimate of drug-likeness (QED) is 0.735. The maximum atomic E-state index is 14.4. The van der Waals surface area contributed by atoms with E-state index < -0.39 is 0 Å². The van der Waals surface area contributed by atoms with Gasteiger partial charge in [0.15, 0.2) is 0 Å². The van der Waals surface area contributed by atoms with Gasteiger partial charge in [-0.3, -0.25) is 14.5 Å². The van der Waals surface area contributed by atoms with Gasteiger partial charge in [0.25, 0.3) is 5.91 Å². The number of rotatable bonds is 4. The summed E-state index contributed by atoms with van der Waals surface area (Å²) >= 11 is 0. The SMILES string of the molecule is CO[C@@H]1CN(C)C(=O)c2cc(NC(C)=O)ccc2OC[C@H](C)N(Cc2ccccc2F)C[C@@H]1C. The summed E-state index contributed by atoms with van der Waals surface area (Å²) in [7, 11) is 3.36. The van der Waals surface area contributed by atoms with E-state index >= 15 is 0 Å². The van der Waals surface area contributed by atoms with Crippen LogP contribution in [0.15, 0.2) is 42.5 Å². The van der Waals surface area contributed by atoms with Gasteiger partial charge in [0.2, 0.25) is 5.91 Å². The first-order valence-corrected chi connectivity index (χ1v) is 11.5. The second-order valence-corrected chi connectivity index (χ2v) is 9.01. The molecule has 1 heterocycles. The Morgan fingerprint density at radius 3 is 2.62 bits per heavy atom.